The molecule has 0 unspecified atom stereocenters. The normalized spacial score (nSPS) is 18.8. The number of thiocarbonyl (C=S) groups is 1. The van der Waals surface area contributed by atoms with Crippen molar-refractivity contribution < 1.29 is 25.0 Å². The van der Waals surface area contributed by atoms with E-state index in [9.17, 15) is 25.0 Å². The van der Waals surface area contributed by atoms with Crippen LogP contribution < -0.4 is 16.1 Å². The van der Waals surface area contributed by atoms with Crippen molar-refractivity contribution in [3.05, 3.63) is 65.2 Å². The van der Waals surface area contributed by atoms with E-state index < -0.39 is 35.9 Å². The van der Waals surface area contributed by atoms with E-state index in [2.05, 4.69) is 10.6 Å². The number of hydrogen-bond acceptors (Lipinski definition) is 6. The number of carbonyl (C=O) groups excluding carboxylic acids is 2. The number of phenols is 1. The molecule has 0 heterocycles. The Kier molecular flexibility index (Phi) is 7.79. The van der Waals surface area contributed by atoms with Crippen molar-refractivity contribution in [2.45, 2.75) is 44.4 Å². The van der Waals surface area contributed by atoms with E-state index in [1.165, 1.54) is 12.1 Å². The molecule has 1 aliphatic rings. The fourth-order valence-corrected chi connectivity index (χ4v) is 4.13. The monoisotopic (exact) mass is 457 g/mol. The molecule has 170 valence electrons. The molecule has 0 bridgehead atoms. The number of hydroxylamine groups is 1. The minimum absolute atomic E-state index is 0.0296. The molecule has 2 amide bonds. The first-order valence-electron chi connectivity index (χ1n) is 10.4. The fourth-order valence-electron chi connectivity index (χ4n) is 4.00. The van der Waals surface area contributed by atoms with Gasteiger partial charge in [0.2, 0.25) is 5.91 Å². The lowest BCUT2D eigenvalue weighted by molar-refractivity contribution is -0.137. The summed E-state index contributed by atoms with van der Waals surface area (Å²) in [6.45, 7) is 1.80. The largest absolute Gasteiger partial charge is 0.508 e. The number of fused-ring (bicyclic) bond motifs is 1. The number of carbonyl (C=O) groups is 2. The predicted octanol–water partition coefficient (Wildman–Crippen LogP) is 1.53. The maximum Gasteiger partial charge on any atom is 0.266 e. The predicted molar refractivity (Wildman–Crippen MR) is 122 cm³/mol. The van der Waals surface area contributed by atoms with Gasteiger partial charge in [-0.25, -0.2) is 5.48 Å². The first kappa shape index (κ1) is 23.6. The lowest BCUT2D eigenvalue weighted by Gasteiger charge is -2.29. The van der Waals surface area contributed by atoms with Crippen LogP contribution in [0.1, 0.15) is 36.1 Å². The van der Waals surface area contributed by atoms with Gasteiger partial charge in [0.05, 0.1) is 23.1 Å². The molecule has 32 heavy (non-hydrogen) atoms. The highest BCUT2D eigenvalue weighted by atomic mass is 32.1. The van der Waals surface area contributed by atoms with Gasteiger partial charge in [0, 0.05) is 6.42 Å². The van der Waals surface area contributed by atoms with E-state index in [0.29, 0.717) is 23.4 Å². The van der Waals surface area contributed by atoms with Crippen LogP contribution in [0.2, 0.25) is 0 Å². The molecule has 6 N–H and O–H groups in total. The molecule has 9 heteroatoms. The van der Waals surface area contributed by atoms with Crippen molar-refractivity contribution in [3.63, 3.8) is 0 Å². The number of phenolic OH excluding ortho intramolecular Hbond substituents is 1. The Morgan fingerprint density at radius 3 is 2.59 bits per heavy atom. The van der Waals surface area contributed by atoms with Crippen LogP contribution in [0.5, 0.6) is 5.75 Å². The van der Waals surface area contributed by atoms with Gasteiger partial charge in [0.25, 0.3) is 5.91 Å². The highest BCUT2D eigenvalue weighted by Gasteiger charge is 2.38. The molecule has 3 rings (SSSR count). The van der Waals surface area contributed by atoms with Crippen LogP contribution in [-0.4, -0.2) is 44.4 Å². The topological polar surface area (TPSA) is 131 Å². The summed E-state index contributed by atoms with van der Waals surface area (Å²) in [4.78, 5) is 26.3. The highest BCUT2D eigenvalue weighted by Crippen LogP contribution is 2.32. The van der Waals surface area contributed by atoms with Gasteiger partial charge in [-0.05, 0) is 41.7 Å². The number of amides is 2. The summed E-state index contributed by atoms with van der Waals surface area (Å²) in [7, 11) is 0. The van der Waals surface area contributed by atoms with Crippen LogP contribution in [0.25, 0.3) is 0 Å². The highest BCUT2D eigenvalue weighted by molar-refractivity contribution is 7.80. The van der Waals surface area contributed by atoms with E-state index in [-0.39, 0.29) is 12.2 Å². The minimum Gasteiger partial charge on any atom is -0.508 e. The van der Waals surface area contributed by atoms with Crippen molar-refractivity contribution in [3.8, 4) is 5.75 Å². The van der Waals surface area contributed by atoms with Crippen LogP contribution in [-0.2, 0) is 22.4 Å². The Morgan fingerprint density at radius 1 is 1.16 bits per heavy atom. The van der Waals surface area contributed by atoms with Crippen molar-refractivity contribution in [1.29, 1.82) is 0 Å². The Labute approximate surface area is 191 Å². The average Bonchev–Trinajstić information content (AvgIpc) is 3.10. The lowest BCUT2D eigenvalue weighted by Crippen LogP contribution is -2.55. The lowest BCUT2D eigenvalue weighted by atomic mass is 9.89. The fraction of sp³-hybridized carbons (Fsp3) is 0.348. The Bertz CT molecular complexity index is 999. The SMILES string of the molecule is CCC(=S)N[C@H](C(=O)NO)[C@@H](Cc1cccc(O)c1)C(=O)N[C@H]1c2ccccc2C[C@H]1O. The number of aliphatic hydroxyl groups excluding tert-OH is 1. The molecule has 1 aliphatic carbocycles. The maximum atomic E-state index is 13.4. The van der Waals surface area contributed by atoms with E-state index in [1.807, 2.05) is 24.3 Å². The standard InChI is InChI=1S/C23H27N3O5S/c1-2-19(32)24-21(23(30)26-31)17(11-13-6-5-8-15(27)10-13)22(29)25-20-16-9-4-3-7-14(16)12-18(20)28/h3-10,17-18,20-21,27-28,31H,2,11-12H2,1H3,(H,24,32)(H,25,29)(H,26,30)/t17-,18-,20+,21+/m1/s1. The first-order chi connectivity index (χ1) is 15.3. The number of nitrogens with one attached hydrogen (secondary N) is 3. The molecule has 0 spiro atoms. The molecule has 0 fully saturated rings. The first-order valence-corrected chi connectivity index (χ1v) is 10.8. The third-order valence-electron chi connectivity index (χ3n) is 5.64. The molecule has 4 atom stereocenters. The zero-order chi connectivity index (χ0) is 23.3. The molecule has 0 saturated carbocycles. The van der Waals surface area contributed by atoms with Crippen molar-refractivity contribution >= 4 is 29.0 Å². The second-order valence-electron chi connectivity index (χ2n) is 7.81. The van der Waals surface area contributed by atoms with Crippen LogP contribution in [0.3, 0.4) is 0 Å². The molecular formula is C23H27N3O5S. The van der Waals surface area contributed by atoms with Gasteiger partial charge >= 0.3 is 0 Å². The summed E-state index contributed by atoms with van der Waals surface area (Å²) in [5, 5.41) is 35.4. The summed E-state index contributed by atoms with van der Waals surface area (Å²) in [5.41, 5.74) is 4.00. The van der Waals surface area contributed by atoms with Gasteiger partial charge < -0.3 is 20.8 Å². The van der Waals surface area contributed by atoms with Crippen LogP contribution in [0.15, 0.2) is 48.5 Å². The van der Waals surface area contributed by atoms with Gasteiger partial charge in [-0.15, -0.1) is 0 Å². The quantitative estimate of drug-likeness (QED) is 0.201. The Balaban J connectivity index is 1.92. The van der Waals surface area contributed by atoms with Crippen molar-refractivity contribution in [2.75, 3.05) is 0 Å². The van der Waals surface area contributed by atoms with Crippen molar-refractivity contribution in [2.24, 2.45) is 5.92 Å². The van der Waals surface area contributed by atoms with E-state index >= 15 is 0 Å². The smallest absolute Gasteiger partial charge is 0.266 e. The number of aliphatic hydroxyl groups is 1. The number of rotatable bonds is 8. The van der Waals surface area contributed by atoms with Gasteiger partial charge in [0.15, 0.2) is 0 Å². The molecule has 8 nitrogen and oxygen atoms in total. The molecule has 2 aromatic carbocycles. The Hall–Kier alpha value is -3.01. The number of benzene rings is 2. The van der Waals surface area contributed by atoms with Crippen molar-refractivity contribution in [1.82, 2.24) is 16.1 Å². The molecule has 0 aromatic heterocycles. The zero-order valence-corrected chi connectivity index (χ0v) is 18.4. The third-order valence-corrected chi connectivity index (χ3v) is 6.04. The van der Waals surface area contributed by atoms with Gasteiger partial charge in [-0.1, -0.05) is 55.5 Å². The second-order valence-corrected chi connectivity index (χ2v) is 8.30. The third kappa shape index (κ3) is 5.42. The molecule has 0 saturated heterocycles. The molecular weight excluding hydrogens is 430 g/mol. The van der Waals surface area contributed by atoms with Gasteiger partial charge in [-0.2, -0.15) is 0 Å². The number of aromatic hydroxyl groups is 1. The van der Waals surface area contributed by atoms with E-state index in [4.69, 9.17) is 12.2 Å². The van der Waals surface area contributed by atoms with Gasteiger partial charge in [0.1, 0.15) is 11.8 Å². The van der Waals surface area contributed by atoms with Crippen LogP contribution in [0, 0.1) is 5.92 Å². The minimum atomic E-state index is -1.16. The van der Waals surface area contributed by atoms with Crippen LogP contribution in [0.4, 0.5) is 0 Å². The molecule has 0 radical (unpaired) electrons. The molecule has 0 aliphatic heterocycles. The second kappa shape index (κ2) is 10.5. The van der Waals surface area contributed by atoms with E-state index in [1.54, 1.807) is 24.5 Å². The van der Waals surface area contributed by atoms with Gasteiger partial charge in [-0.3, -0.25) is 14.8 Å². The summed E-state index contributed by atoms with van der Waals surface area (Å²) in [5.74, 6) is -2.27. The Morgan fingerprint density at radius 2 is 1.91 bits per heavy atom. The number of hydrogen-bond donors (Lipinski definition) is 6. The summed E-state index contributed by atoms with van der Waals surface area (Å²) in [6, 6.07) is 12.1. The summed E-state index contributed by atoms with van der Waals surface area (Å²) >= 11 is 5.22. The maximum absolute atomic E-state index is 13.4. The van der Waals surface area contributed by atoms with Crippen LogP contribution >= 0.6 is 12.2 Å². The summed E-state index contributed by atoms with van der Waals surface area (Å²) < 4.78 is 0. The molecule has 2 aromatic rings. The summed E-state index contributed by atoms with van der Waals surface area (Å²) in [6.07, 6.45) is 0.145. The van der Waals surface area contributed by atoms with E-state index in [0.717, 1.165) is 11.1 Å². The zero-order valence-electron chi connectivity index (χ0n) is 17.6. The average molecular weight is 458 g/mol.